The van der Waals surface area contributed by atoms with E-state index < -0.39 is 0 Å². The van der Waals surface area contributed by atoms with E-state index in [0.717, 1.165) is 10.7 Å². The summed E-state index contributed by atoms with van der Waals surface area (Å²) >= 11 is 1.64. The van der Waals surface area contributed by atoms with E-state index >= 15 is 0 Å². The van der Waals surface area contributed by atoms with Crippen LogP contribution in [0.3, 0.4) is 0 Å². The number of aliphatic hydroxyl groups excluding tert-OH is 1. The molecule has 0 saturated heterocycles. The van der Waals surface area contributed by atoms with Gasteiger partial charge >= 0.3 is 0 Å². The molecule has 0 aliphatic heterocycles. The van der Waals surface area contributed by atoms with Crippen molar-refractivity contribution in [3.05, 3.63) is 18.3 Å². The van der Waals surface area contributed by atoms with Crippen LogP contribution in [0.2, 0.25) is 0 Å². The zero-order chi connectivity index (χ0) is 9.68. The van der Waals surface area contributed by atoms with Crippen molar-refractivity contribution in [3.8, 4) is 0 Å². The molecule has 0 aromatic carbocycles. The monoisotopic (exact) mass is 198 g/mol. The number of aromatic nitrogens is 1. The highest BCUT2D eigenvalue weighted by atomic mass is 32.2. The van der Waals surface area contributed by atoms with Crippen LogP contribution in [0.15, 0.2) is 23.2 Å². The van der Waals surface area contributed by atoms with Crippen LogP contribution in [0.1, 0.15) is 6.92 Å². The number of nitrogens with one attached hydrogen (secondary N) is 1. The summed E-state index contributed by atoms with van der Waals surface area (Å²) in [6, 6.07) is 3.91. The fraction of sp³-hybridized carbons (Fsp3) is 0.444. The quantitative estimate of drug-likeness (QED) is 0.721. The molecule has 1 heterocycles. The van der Waals surface area contributed by atoms with Gasteiger partial charge in [-0.05, 0) is 12.1 Å². The first kappa shape index (κ1) is 10.3. The largest absolute Gasteiger partial charge is 0.395 e. The Morgan fingerprint density at radius 1 is 1.69 bits per heavy atom. The van der Waals surface area contributed by atoms with Gasteiger partial charge in [0.15, 0.2) is 0 Å². The topological polar surface area (TPSA) is 45.1 Å². The molecule has 1 rings (SSSR count). The predicted molar refractivity (Wildman–Crippen MR) is 56.2 cm³/mol. The van der Waals surface area contributed by atoms with Gasteiger partial charge in [0.1, 0.15) is 5.82 Å². The third kappa shape index (κ3) is 3.24. The van der Waals surface area contributed by atoms with Crippen LogP contribution in [0, 0.1) is 0 Å². The van der Waals surface area contributed by atoms with Crippen molar-refractivity contribution in [1.82, 2.24) is 4.98 Å². The molecule has 2 N–H and O–H groups in total. The molecule has 1 aromatic rings. The number of anilines is 1. The molecule has 0 aliphatic carbocycles. The van der Waals surface area contributed by atoms with Gasteiger partial charge in [-0.2, -0.15) is 0 Å². The predicted octanol–water partition coefficient (Wildman–Crippen LogP) is 1.60. The molecule has 1 aromatic heterocycles. The molecular weight excluding hydrogens is 184 g/mol. The fourth-order valence-corrected chi connectivity index (χ4v) is 1.75. The van der Waals surface area contributed by atoms with Gasteiger partial charge in [0.25, 0.3) is 0 Å². The van der Waals surface area contributed by atoms with Crippen LogP contribution in [0.5, 0.6) is 0 Å². The van der Waals surface area contributed by atoms with Crippen molar-refractivity contribution in [1.29, 1.82) is 0 Å². The van der Waals surface area contributed by atoms with E-state index in [9.17, 15) is 0 Å². The second-order valence-corrected chi connectivity index (χ2v) is 4.25. The molecule has 4 heteroatoms. The molecule has 0 fully saturated rings. The van der Waals surface area contributed by atoms with E-state index in [0.29, 0.717) is 0 Å². The maximum Gasteiger partial charge on any atom is 0.126 e. The molecule has 3 nitrogen and oxygen atoms in total. The summed E-state index contributed by atoms with van der Waals surface area (Å²) in [4.78, 5) is 5.23. The normalized spacial score (nSPS) is 12.5. The van der Waals surface area contributed by atoms with Crippen molar-refractivity contribution in [2.75, 3.05) is 19.0 Å². The van der Waals surface area contributed by atoms with E-state index in [1.807, 2.05) is 26.1 Å². The smallest absolute Gasteiger partial charge is 0.126 e. The van der Waals surface area contributed by atoms with Crippen molar-refractivity contribution in [3.63, 3.8) is 0 Å². The molecule has 0 amide bonds. The highest BCUT2D eigenvalue weighted by Crippen LogP contribution is 2.23. The molecular formula is C9H14N2OS. The van der Waals surface area contributed by atoms with Gasteiger partial charge < -0.3 is 10.4 Å². The van der Waals surface area contributed by atoms with Gasteiger partial charge in [-0.15, -0.1) is 11.8 Å². The van der Waals surface area contributed by atoms with Crippen molar-refractivity contribution in [2.24, 2.45) is 0 Å². The van der Waals surface area contributed by atoms with Crippen molar-refractivity contribution >= 4 is 17.6 Å². The zero-order valence-electron chi connectivity index (χ0n) is 7.82. The second-order valence-electron chi connectivity index (χ2n) is 2.74. The van der Waals surface area contributed by atoms with E-state index in [1.54, 1.807) is 18.0 Å². The molecule has 13 heavy (non-hydrogen) atoms. The lowest BCUT2D eigenvalue weighted by molar-refractivity contribution is 0.300. The highest BCUT2D eigenvalue weighted by Gasteiger charge is 2.02. The summed E-state index contributed by atoms with van der Waals surface area (Å²) in [5, 5.41) is 12.1. The first-order chi connectivity index (χ1) is 6.26. The minimum absolute atomic E-state index is 0.196. The Labute approximate surface area is 82.6 Å². The third-order valence-electron chi connectivity index (χ3n) is 1.58. The highest BCUT2D eigenvalue weighted by molar-refractivity contribution is 8.00. The number of thioether (sulfide) groups is 1. The molecule has 1 unspecified atom stereocenters. The lowest BCUT2D eigenvalue weighted by atomic mass is 10.4. The summed E-state index contributed by atoms with van der Waals surface area (Å²) < 4.78 is 0. The number of pyridine rings is 1. The first-order valence-electron chi connectivity index (χ1n) is 4.17. The molecule has 0 saturated carbocycles. The molecule has 0 bridgehead atoms. The Kier molecular flexibility index (Phi) is 4.05. The van der Waals surface area contributed by atoms with Gasteiger partial charge in [-0.1, -0.05) is 6.92 Å². The summed E-state index contributed by atoms with van der Waals surface area (Å²) in [7, 11) is 1.84. The summed E-state index contributed by atoms with van der Waals surface area (Å²) in [5.74, 6) is 0.857. The Hall–Kier alpha value is -0.740. The Morgan fingerprint density at radius 2 is 2.46 bits per heavy atom. The third-order valence-corrected chi connectivity index (χ3v) is 2.66. The van der Waals surface area contributed by atoms with Gasteiger partial charge in [-0.25, -0.2) is 4.98 Å². The average Bonchev–Trinajstić information content (AvgIpc) is 2.18. The van der Waals surface area contributed by atoms with Crippen LogP contribution >= 0.6 is 11.8 Å². The van der Waals surface area contributed by atoms with Gasteiger partial charge in [0, 0.05) is 23.4 Å². The number of rotatable bonds is 4. The van der Waals surface area contributed by atoms with Crippen LogP contribution in [-0.2, 0) is 0 Å². The van der Waals surface area contributed by atoms with Gasteiger partial charge in [0.2, 0.25) is 0 Å². The van der Waals surface area contributed by atoms with E-state index in [4.69, 9.17) is 5.11 Å². The summed E-state index contributed by atoms with van der Waals surface area (Å²) in [6.07, 6.45) is 1.76. The van der Waals surface area contributed by atoms with Crippen LogP contribution in [-0.4, -0.2) is 29.0 Å². The fourth-order valence-electron chi connectivity index (χ4n) is 0.891. The summed E-state index contributed by atoms with van der Waals surface area (Å²) in [5.41, 5.74) is 0. The number of nitrogens with zero attached hydrogens (tertiary/aromatic N) is 1. The minimum Gasteiger partial charge on any atom is -0.395 e. The first-order valence-corrected chi connectivity index (χ1v) is 5.05. The Bertz CT molecular complexity index is 268. The zero-order valence-corrected chi connectivity index (χ0v) is 8.64. The minimum atomic E-state index is 0.196. The molecule has 72 valence electrons. The maximum atomic E-state index is 8.87. The Morgan fingerprint density at radius 3 is 3.08 bits per heavy atom. The maximum absolute atomic E-state index is 8.87. The standard InChI is InChI=1S/C9H14N2OS/c1-7(6-12)13-8-3-4-11-9(5-8)10-2/h3-5,7,12H,6H2,1-2H3,(H,10,11). The lowest BCUT2D eigenvalue weighted by Crippen LogP contribution is -2.01. The van der Waals surface area contributed by atoms with E-state index in [1.165, 1.54) is 0 Å². The molecule has 0 aliphatic rings. The average molecular weight is 198 g/mol. The van der Waals surface area contributed by atoms with Gasteiger partial charge in [0.05, 0.1) is 6.61 Å². The van der Waals surface area contributed by atoms with E-state index in [-0.39, 0.29) is 11.9 Å². The molecule has 1 atom stereocenters. The van der Waals surface area contributed by atoms with Crippen LogP contribution in [0.4, 0.5) is 5.82 Å². The second kappa shape index (κ2) is 5.09. The number of aliphatic hydroxyl groups is 1. The SMILES string of the molecule is CNc1cc(SC(C)CO)ccn1. The Balaban J connectivity index is 2.66. The molecule has 0 radical (unpaired) electrons. The summed E-state index contributed by atoms with van der Waals surface area (Å²) in [6.45, 7) is 2.19. The van der Waals surface area contributed by atoms with Crippen molar-refractivity contribution in [2.45, 2.75) is 17.1 Å². The van der Waals surface area contributed by atoms with Gasteiger partial charge in [-0.3, -0.25) is 0 Å². The lowest BCUT2D eigenvalue weighted by Gasteiger charge is -2.07. The number of hydrogen-bond acceptors (Lipinski definition) is 4. The molecule has 0 spiro atoms. The van der Waals surface area contributed by atoms with E-state index in [2.05, 4.69) is 10.3 Å². The van der Waals surface area contributed by atoms with Crippen LogP contribution < -0.4 is 5.32 Å². The number of hydrogen-bond donors (Lipinski definition) is 2. The van der Waals surface area contributed by atoms with Crippen LogP contribution in [0.25, 0.3) is 0 Å². The van der Waals surface area contributed by atoms with Crippen molar-refractivity contribution < 1.29 is 5.11 Å².